The molecule has 0 amide bonds. The quantitative estimate of drug-likeness (QED) is 0.0261. The molecule has 1 unspecified atom stereocenters. The van der Waals surface area contributed by atoms with E-state index in [0.29, 0.717) is 19.3 Å². The third-order valence-corrected chi connectivity index (χ3v) is 14.4. The maximum atomic E-state index is 12.9. The molecule has 0 aromatic heterocycles. The van der Waals surface area contributed by atoms with E-state index in [1.807, 2.05) is 0 Å². The highest BCUT2D eigenvalue weighted by molar-refractivity contribution is 5.71. The Morgan fingerprint density at radius 2 is 0.506 bits per heavy atom. The van der Waals surface area contributed by atoms with Crippen LogP contribution >= 0.6 is 0 Å². The number of ether oxygens (including phenoxy) is 3. The lowest BCUT2D eigenvalue weighted by atomic mass is 10.0. The van der Waals surface area contributed by atoms with Gasteiger partial charge in [-0.1, -0.05) is 298 Å². The number of hydrogen-bond acceptors (Lipinski definition) is 6. The summed E-state index contributed by atoms with van der Waals surface area (Å²) in [5.74, 6) is -0.874. The lowest BCUT2D eigenvalue weighted by Crippen LogP contribution is -2.30. The molecule has 0 bridgehead atoms. The van der Waals surface area contributed by atoms with Gasteiger partial charge in [-0.15, -0.1) is 0 Å². The molecule has 0 rings (SSSR count). The number of carbonyl (C=O) groups is 3. The van der Waals surface area contributed by atoms with Gasteiger partial charge in [-0.25, -0.2) is 0 Å². The second-order valence-electron chi connectivity index (χ2n) is 22.0. The van der Waals surface area contributed by atoms with Crippen molar-refractivity contribution in [2.75, 3.05) is 13.2 Å². The summed E-state index contributed by atoms with van der Waals surface area (Å²) in [6, 6.07) is 0. The number of rotatable bonds is 60. The van der Waals surface area contributed by atoms with Gasteiger partial charge in [-0.3, -0.25) is 14.4 Å². The smallest absolute Gasteiger partial charge is 0.306 e. The Labute approximate surface area is 477 Å². The lowest BCUT2D eigenvalue weighted by molar-refractivity contribution is -0.167. The predicted molar refractivity (Wildman–Crippen MR) is 334 cm³/mol. The molecule has 6 heteroatoms. The minimum Gasteiger partial charge on any atom is -0.462 e. The van der Waals surface area contributed by atoms with Crippen molar-refractivity contribution in [3.8, 4) is 0 Å². The van der Waals surface area contributed by atoms with Crippen molar-refractivity contribution < 1.29 is 28.6 Å². The summed E-state index contributed by atoms with van der Waals surface area (Å²) < 4.78 is 17.0. The van der Waals surface area contributed by atoms with Crippen LogP contribution in [0.25, 0.3) is 0 Å². The molecule has 0 saturated heterocycles. The van der Waals surface area contributed by atoms with Crippen LogP contribution in [0.1, 0.15) is 329 Å². The molecule has 0 N–H and O–H groups in total. The Morgan fingerprint density at radius 1 is 0.273 bits per heavy atom. The van der Waals surface area contributed by atoms with Crippen molar-refractivity contribution in [3.63, 3.8) is 0 Å². The first-order chi connectivity index (χ1) is 38.0. The summed E-state index contributed by atoms with van der Waals surface area (Å²) in [5.41, 5.74) is 0. The average Bonchev–Trinajstić information content (AvgIpc) is 3.43. The van der Waals surface area contributed by atoms with Gasteiger partial charge in [-0.05, 0) is 96.3 Å². The summed E-state index contributed by atoms with van der Waals surface area (Å²) in [6.07, 6.45) is 85.8. The van der Waals surface area contributed by atoms with Gasteiger partial charge in [-0.2, -0.15) is 0 Å². The van der Waals surface area contributed by atoms with E-state index in [1.165, 1.54) is 186 Å². The van der Waals surface area contributed by atoms with E-state index >= 15 is 0 Å². The zero-order chi connectivity index (χ0) is 55.7. The second-order valence-corrected chi connectivity index (χ2v) is 22.0. The van der Waals surface area contributed by atoms with E-state index in [0.717, 1.165) is 103 Å². The van der Waals surface area contributed by atoms with E-state index in [1.54, 1.807) is 0 Å². The van der Waals surface area contributed by atoms with Crippen LogP contribution in [0.4, 0.5) is 0 Å². The Kier molecular flexibility index (Phi) is 62.2. The van der Waals surface area contributed by atoms with Crippen molar-refractivity contribution in [1.29, 1.82) is 0 Å². The molecular formula is C71H124O6. The molecule has 0 spiro atoms. The maximum absolute atomic E-state index is 12.9. The third-order valence-electron chi connectivity index (χ3n) is 14.4. The minimum atomic E-state index is -0.782. The summed E-state index contributed by atoms with van der Waals surface area (Å²) in [5, 5.41) is 0. The van der Waals surface area contributed by atoms with Gasteiger partial charge in [0, 0.05) is 19.3 Å². The normalized spacial score (nSPS) is 12.6. The number of hydrogen-bond donors (Lipinski definition) is 0. The predicted octanol–water partition coefficient (Wildman–Crippen LogP) is 22.7. The van der Waals surface area contributed by atoms with E-state index in [9.17, 15) is 14.4 Å². The third kappa shape index (κ3) is 63.3. The highest BCUT2D eigenvalue weighted by atomic mass is 16.6. The zero-order valence-corrected chi connectivity index (χ0v) is 51.0. The first kappa shape index (κ1) is 73.6. The molecule has 0 aliphatic heterocycles. The molecule has 0 aromatic carbocycles. The minimum absolute atomic E-state index is 0.0772. The van der Waals surface area contributed by atoms with Gasteiger partial charge in [0.2, 0.25) is 0 Å². The standard InChI is InChI=1S/C71H124O6/c1-4-7-10-13-16-19-22-25-28-30-31-32-33-34-35-36-37-38-39-41-43-46-49-52-55-58-61-64-70(73)76-67-68(66-75-69(72)63-60-57-54-51-48-45-42-27-24-21-18-15-12-9-6-3)77-71(74)65-62-59-56-53-50-47-44-40-29-26-23-20-17-14-11-8-5-2/h7,10,16,19,25-26,28-29,31-32,34-35,37-38,68H,4-6,8-9,11-15,17-18,20-24,27,30,33,36,39-67H2,1-3H3/b10-7-,19-16-,28-25-,29-26-,32-31-,35-34-,38-37-. The highest BCUT2D eigenvalue weighted by Gasteiger charge is 2.19. The van der Waals surface area contributed by atoms with Crippen LogP contribution in [0.15, 0.2) is 85.1 Å². The Balaban J connectivity index is 4.33. The van der Waals surface area contributed by atoms with Crippen LogP contribution in [-0.2, 0) is 28.6 Å². The van der Waals surface area contributed by atoms with Crippen LogP contribution in [0.2, 0.25) is 0 Å². The summed E-state index contributed by atoms with van der Waals surface area (Å²) >= 11 is 0. The summed E-state index contributed by atoms with van der Waals surface area (Å²) in [6.45, 7) is 6.55. The molecular weight excluding hydrogens is 949 g/mol. The lowest BCUT2D eigenvalue weighted by Gasteiger charge is -2.18. The average molecular weight is 1070 g/mol. The fourth-order valence-corrected chi connectivity index (χ4v) is 9.44. The maximum Gasteiger partial charge on any atom is 0.306 e. The fraction of sp³-hybridized carbons (Fsp3) is 0.761. The van der Waals surface area contributed by atoms with Crippen LogP contribution < -0.4 is 0 Å². The number of esters is 3. The van der Waals surface area contributed by atoms with Crippen molar-refractivity contribution >= 4 is 17.9 Å². The van der Waals surface area contributed by atoms with Gasteiger partial charge in [0.25, 0.3) is 0 Å². The van der Waals surface area contributed by atoms with E-state index in [4.69, 9.17) is 14.2 Å². The monoisotopic (exact) mass is 1070 g/mol. The zero-order valence-electron chi connectivity index (χ0n) is 51.0. The largest absolute Gasteiger partial charge is 0.462 e. The Bertz CT molecular complexity index is 1470. The van der Waals surface area contributed by atoms with Crippen molar-refractivity contribution in [2.45, 2.75) is 335 Å². The fourth-order valence-electron chi connectivity index (χ4n) is 9.44. The van der Waals surface area contributed by atoms with E-state index in [2.05, 4.69) is 106 Å². The van der Waals surface area contributed by atoms with Gasteiger partial charge < -0.3 is 14.2 Å². The van der Waals surface area contributed by atoms with Gasteiger partial charge in [0.05, 0.1) is 0 Å². The molecule has 77 heavy (non-hydrogen) atoms. The number of carbonyl (C=O) groups excluding carboxylic acids is 3. The van der Waals surface area contributed by atoms with E-state index in [-0.39, 0.29) is 31.1 Å². The molecule has 0 aliphatic carbocycles. The molecule has 0 radical (unpaired) electrons. The number of allylic oxidation sites excluding steroid dienone is 14. The van der Waals surface area contributed by atoms with Crippen LogP contribution in [-0.4, -0.2) is 37.2 Å². The van der Waals surface area contributed by atoms with Crippen molar-refractivity contribution in [1.82, 2.24) is 0 Å². The van der Waals surface area contributed by atoms with E-state index < -0.39 is 6.10 Å². The first-order valence-corrected chi connectivity index (χ1v) is 33.1. The molecule has 0 aromatic rings. The van der Waals surface area contributed by atoms with Crippen LogP contribution in [0.3, 0.4) is 0 Å². The number of unbranched alkanes of at least 4 members (excludes halogenated alkanes) is 35. The van der Waals surface area contributed by atoms with Gasteiger partial charge in [0.1, 0.15) is 13.2 Å². The molecule has 0 aliphatic rings. The molecule has 6 nitrogen and oxygen atoms in total. The van der Waals surface area contributed by atoms with Crippen LogP contribution in [0.5, 0.6) is 0 Å². The molecule has 0 saturated carbocycles. The Hall–Kier alpha value is -3.41. The van der Waals surface area contributed by atoms with Crippen molar-refractivity contribution in [3.05, 3.63) is 85.1 Å². The van der Waals surface area contributed by atoms with Crippen molar-refractivity contribution in [2.24, 2.45) is 0 Å². The van der Waals surface area contributed by atoms with Gasteiger partial charge in [0.15, 0.2) is 6.10 Å². The molecule has 444 valence electrons. The summed E-state index contributed by atoms with van der Waals surface area (Å²) in [4.78, 5) is 38.4. The second kappa shape index (κ2) is 65.1. The highest BCUT2D eigenvalue weighted by Crippen LogP contribution is 2.17. The molecule has 1 atom stereocenters. The molecule has 0 heterocycles. The topological polar surface area (TPSA) is 78.9 Å². The summed E-state index contributed by atoms with van der Waals surface area (Å²) in [7, 11) is 0. The van der Waals surface area contributed by atoms with Gasteiger partial charge >= 0.3 is 17.9 Å². The first-order valence-electron chi connectivity index (χ1n) is 33.1. The molecule has 0 fully saturated rings. The SMILES string of the molecule is CC/C=C\C/C=C\C/C=C\C/C=C\C/C=C\C/C=C\CCCCCCCCCCC(=O)OCC(COC(=O)CCCCCCCCCCCCCCCCC)OC(=O)CCCCCCCCC/C=C\CCCCCCCC. The van der Waals surface area contributed by atoms with Crippen LogP contribution in [0, 0.1) is 0 Å². The Morgan fingerprint density at radius 3 is 0.805 bits per heavy atom.